The topological polar surface area (TPSA) is 166 Å². The van der Waals surface area contributed by atoms with Gasteiger partial charge in [0, 0.05) is 48.0 Å². The van der Waals surface area contributed by atoms with Crippen LogP contribution in [0.1, 0.15) is 5.56 Å². The van der Waals surface area contributed by atoms with Crippen molar-refractivity contribution in [1.29, 1.82) is 0 Å². The minimum Gasteiger partial charge on any atom is -0.480 e. The molecule has 5 N–H and O–H groups in total. The van der Waals surface area contributed by atoms with Crippen molar-refractivity contribution in [3.05, 3.63) is 97.1 Å². The van der Waals surface area contributed by atoms with Crippen LogP contribution < -0.4 is 16.4 Å². The van der Waals surface area contributed by atoms with E-state index in [0.29, 0.717) is 21.5 Å². The van der Waals surface area contributed by atoms with E-state index in [0.717, 1.165) is 10.2 Å². The zero-order valence-electron chi connectivity index (χ0n) is 25.4. The lowest BCUT2D eigenvalue weighted by Gasteiger charge is -2.18. The molecular formula is C31H29F6N9O3. The predicted molar refractivity (Wildman–Crippen MR) is 166 cm³/mol. The Labute approximate surface area is 274 Å². The largest absolute Gasteiger partial charge is 0.480 e. The molecule has 0 saturated carbocycles. The molecular weight excluding hydrogens is 660 g/mol. The molecule has 0 aliphatic heterocycles. The molecule has 258 valence electrons. The van der Waals surface area contributed by atoms with Gasteiger partial charge in [0.15, 0.2) is 0 Å². The smallest absolute Gasteiger partial charge is 0.408 e. The molecule has 1 amide bonds. The Morgan fingerprint density at radius 3 is 1.82 bits per heavy atom. The van der Waals surface area contributed by atoms with Crippen molar-refractivity contribution >= 4 is 23.5 Å². The Balaban J connectivity index is 0.000000266. The number of alkyl halides is 6. The molecule has 0 saturated heterocycles. The zero-order valence-corrected chi connectivity index (χ0v) is 25.4. The number of halogens is 6. The number of amides is 1. The molecule has 0 radical (unpaired) electrons. The molecule has 18 heteroatoms. The van der Waals surface area contributed by atoms with Crippen molar-refractivity contribution in [2.24, 2.45) is 0 Å². The van der Waals surface area contributed by atoms with Crippen LogP contribution in [-0.4, -0.2) is 71.5 Å². The Bertz CT molecular complexity index is 1810. The number of carboxylic acid groups (broad SMARTS) is 1. The normalized spacial score (nSPS) is 12.1. The van der Waals surface area contributed by atoms with Crippen LogP contribution in [0, 0.1) is 0 Å². The molecule has 0 aliphatic rings. The lowest BCUT2D eigenvalue weighted by molar-refractivity contribution is -0.143. The van der Waals surface area contributed by atoms with Gasteiger partial charge in [0.05, 0.1) is 24.0 Å². The maximum atomic E-state index is 13.1. The first-order valence-corrected chi connectivity index (χ1v) is 14.3. The van der Waals surface area contributed by atoms with E-state index in [2.05, 4.69) is 30.8 Å². The number of pyridine rings is 2. The standard InChI is InChI=1S/C21H20F3N5O3.C10H9F3N4/c22-21(23,24)13-29-18(11-16(28-29)15-6-8-25-9-7-15)27-20(32)17(26-12-19(30)31)10-14-4-2-1-3-5-14;11-10(12,13)6-17-9(14)5-8(16-17)7-1-3-15-4-2-7/h1-9,11,17,26H,10,12-13H2,(H,27,32)(H,30,31);1-5H,6,14H2/t17-;/m0./s1. The number of carbonyl (C=O) groups excluding carboxylic acids is 1. The number of benzene rings is 1. The third kappa shape index (κ3) is 11.5. The van der Waals surface area contributed by atoms with E-state index in [1.807, 2.05) is 0 Å². The molecule has 0 aliphatic carbocycles. The SMILES string of the molecule is Nc1cc(-c2ccncc2)nn1CC(F)(F)F.O=C(O)CN[C@@H](Cc1ccccc1)C(=O)Nc1cc(-c2ccncc2)nn1CC(F)(F)F. The highest BCUT2D eigenvalue weighted by molar-refractivity contribution is 5.95. The Morgan fingerprint density at radius 1 is 0.776 bits per heavy atom. The first-order chi connectivity index (χ1) is 23.2. The van der Waals surface area contributed by atoms with E-state index in [1.165, 1.54) is 36.9 Å². The van der Waals surface area contributed by atoms with Crippen LogP contribution in [0.4, 0.5) is 38.0 Å². The number of carboxylic acids is 1. The summed E-state index contributed by atoms with van der Waals surface area (Å²) in [6.07, 6.45) is -2.74. The summed E-state index contributed by atoms with van der Waals surface area (Å²) >= 11 is 0. The quantitative estimate of drug-likeness (QED) is 0.142. The maximum Gasteiger partial charge on any atom is 0.408 e. The number of hydrogen-bond acceptors (Lipinski definition) is 8. The van der Waals surface area contributed by atoms with Gasteiger partial charge in [-0.05, 0) is 36.2 Å². The van der Waals surface area contributed by atoms with Gasteiger partial charge in [0.25, 0.3) is 0 Å². The van der Waals surface area contributed by atoms with Gasteiger partial charge in [-0.2, -0.15) is 36.5 Å². The van der Waals surface area contributed by atoms with E-state index in [-0.39, 0.29) is 23.8 Å². The molecule has 0 unspecified atom stereocenters. The summed E-state index contributed by atoms with van der Waals surface area (Å²) in [5.74, 6) is -2.03. The number of aliphatic carboxylic acids is 1. The second-order valence-electron chi connectivity index (χ2n) is 10.4. The minimum atomic E-state index is -4.56. The van der Waals surface area contributed by atoms with Crippen LogP contribution in [0.5, 0.6) is 0 Å². The van der Waals surface area contributed by atoms with Crippen molar-refractivity contribution in [2.45, 2.75) is 37.9 Å². The third-order valence-electron chi connectivity index (χ3n) is 6.55. The van der Waals surface area contributed by atoms with Gasteiger partial charge in [-0.3, -0.25) is 24.9 Å². The Morgan fingerprint density at radius 2 is 1.29 bits per heavy atom. The fourth-order valence-electron chi connectivity index (χ4n) is 4.39. The number of nitrogens with one attached hydrogen (secondary N) is 2. The van der Waals surface area contributed by atoms with Crippen LogP contribution >= 0.6 is 0 Å². The number of rotatable bonds is 11. The van der Waals surface area contributed by atoms with Crippen molar-refractivity contribution in [3.8, 4) is 22.5 Å². The van der Waals surface area contributed by atoms with Crippen molar-refractivity contribution in [1.82, 2.24) is 34.8 Å². The van der Waals surface area contributed by atoms with Gasteiger partial charge in [0.1, 0.15) is 24.7 Å². The van der Waals surface area contributed by atoms with Gasteiger partial charge in [-0.25, -0.2) is 9.36 Å². The number of nitrogens with zero attached hydrogens (tertiary/aromatic N) is 6. The van der Waals surface area contributed by atoms with E-state index in [4.69, 9.17) is 10.8 Å². The average Bonchev–Trinajstić information content (AvgIpc) is 3.61. The first-order valence-electron chi connectivity index (χ1n) is 14.3. The molecule has 12 nitrogen and oxygen atoms in total. The minimum absolute atomic E-state index is 0.0193. The number of aromatic nitrogens is 6. The van der Waals surface area contributed by atoms with Crippen molar-refractivity contribution in [2.75, 3.05) is 17.6 Å². The maximum absolute atomic E-state index is 13.1. The highest BCUT2D eigenvalue weighted by Gasteiger charge is 2.31. The van der Waals surface area contributed by atoms with Crippen molar-refractivity contribution < 1.29 is 41.0 Å². The molecule has 1 atom stereocenters. The molecule has 49 heavy (non-hydrogen) atoms. The molecule has 0 fully saturated rings. The lowest BCUT2D eigenvalue weighted by Crippen LogP contribution is -2.44. The second kappa shape index (κ2) is 15.9. The molecule has 1 aromatic carbocycles. The molecule has 4 aromatic heterocycles. The van der Waals surface area contributed by atoms with Crippen LogP contribution in [-0.2, 0) is 29.1 Å². The van der Waals surface area contributed by atoms with Gasteiger partial charge < -0.3 is 16.2 Å². The predicted octanol–water partition coefficient (Wildman–Crippen LogP) is 4.82. The summed E-state index contributed by atoms with van der Waals surface area (Å²) in [5, 5.41) is 21.8. The zero-order chi connectivity index (χ0) is 35.6. The molecule has 5 aromatic rings. The number of hydrogen-bond donors (Lipinski definition) is 4. The molecule has 0 spiro atoms. The van der Waals surface area contributed by atoms with E-state index < -0.39 is 49.9 Å². The summed E-state index contributed by atoms with van der Waals surface area (Å²) < 4.78 is 77.2. The van der Waals surface area contributed by atoms with Crippen LogP contribution in [0.25, 0.3) is 22.5 Å². The molecule has 5 rings (SSSR count). The van der Waals surface area contributed by atoms with Gasteiger partial charge in [-0.1, -0.05) is 30.3 Å². The number of anilines is 2. The van der Waals surface area contributed by atoms with Gasteiger partial charge in [-0.15, -0.1) is 0 Å². The number of nitrogens with two attached hydrogens (primary N) is 1. The molecule has 4 heterocycles. The third-order valence-corrected chi connectivity index (χ3v) is 6.55. The van der Waals surface area contributed by atoms with Gasteiger partial charge >= 0.3 is 18.3 Å². The van der Waals surface area contributed by atoms with Crippen molar-refractivity contribution in [3.63, 3.8) is 0 Å². The van der Waals surface area contributed by atoms with Crippen LogP contribution in [0.2, 0.25) is 0 Å². The average molecular weight is 690 g/mol. The van der Waals surface area contributed by atoms with Gasteiger partial charge in [0.2, 0.25) is 5.91 Å². The fourth-order valence-corrected chi connectivity index (χ4v) is 4.39. The highest BCUT2D eigenvalue weighted by atomic mass is 19.4. The number of carbonyl (C=O) groups is 2. The van der Waals surface area contributed by atoms with E-state index in [9.17, 15) is 35.9 Å². The summed E-state index contributed by atoms with van der Waals surface area (Å²) in [5.41, 5.74) is 8.05. The van der Waals surface area contributed by atoms with Crippen LogP contribution in [0.3, 0.4) is 0 Å². The lowest BCUT2D eigenvalue weighted by atomic mass is 10.1. The van der Waals surface area contributed by atoms with Crippen LogP contribution in [0.15, 0.2) is 91.5 Å². The monoisotopic (exact) mass is 689 g/mol. The summed E-state index contributed by atoms with van der Waals surface area (Å²) in [7, 11) is 0. The molecule has 0 bridgehead atoms. The first kappa shape index (κ1) is 36.1. The van der Waals surface area contributed by atoms with E-state index >= 15 is 0 Å². The second-order valence-corrected chi connectivity index (χ2v) is 10.4. The Kier molecular flexibility index (Phi) is 11.7. The Hall–Kier alpha value is -5.78. The summed E-state index contributed by atoms with van der Waals surface area (Å²) in [6, 6.07) is 17.1. The summed E-state index contributed by atoms with van der Waals surface area (Å²) in [4.78, 5) is 31.5. The van der Waals surface area contributed by atoms with E-state index in [1.54, 1.807) is 54.6 Å². The highest BCUT2D eigenvalue weighted by Crippen LogP contribution is 2.26. The fraction of sp³-hybridized carbons (Fsp3) is 0.226. The number of nitrogen functional groups attached to an aromatic ring is 1. The summed E-state index contributed by atoms with van der Waals surface area (Å²) in [6.45, 7) is -3.08.